The minimum Gasteiger partial charge on any atom is -0.350 e. The van der Waals surface area contributed by atoms with Crippen LogP contribution in [0.25, 0.3) is 10.9 Å². The van der Waals surface area contributed by atoms with Crippen molar-refractivity contribution in [3.63, 3.8) is 0 Å². The minimum atomic E-state index is -0.231. The lowest BCUT2D eigenvalue weighted by atomic mass is 10.1. The molecule has 0 aliphatic carbocycles. The Kier molecular flexibility index (Phi) is 4.13. The molecule has 1 N–H and O–H groups in total. The van der Waals surface area contributed by atoms with Gasteiger partial charge < -0.3 is 9.88 Å². The lowest BCUT2D eigenvalue weighted by molar-refractivity contribution is -0.115. The molecule has 0 aliphatic rings. The second-order valence-corrected chi connectivity index (χ2v) is 4.74. The lowest BCUT2D eigenvalue weighted by Crippen LogP contribution is -2.23. The maximum Gasteiger partial charge on any atom is 0.295 e. The number of benzene rings is 1. The largest absolute Gasteiger partial charge is 0.350 e. The van der Waals surface area contributed by atoms with E-state index in [0.717, 1.165) is 17.0 Å². The van der Waals surface area contributed by atoms with Gasteiger partial charge in [-0.15, -0.1) is 0 Å². The van der Waals surface area contributed by atoms with Crippen molar-refractivity contribution in [3.8, 4) is 11.8 Å². The maximum atomic E-state index is 11.2. The van der Waals surface area contributed by atoms with Crippen molar-refractivity contribution in [3.05, 3.63) is 35.0 Å². The number of aryl methyl sites for hydroxylation is 1. The molecule has 0 unspecified atom stereocenters. The second-order valence-electron chi connectivity index (χ2n) is 4.31. The Hall–Kier alpha value is -1.92. The molecule has 0 spiro atoms. The first-order chi connectivity index (χ1) is 9.11. The molecular weight excluding hydrogens is 260 g/mol. The number of hydrogen-bond donors (Lipinski definition) is 1. The highest BCUT2D eigenvalue weighted by molar-refractivity contribution is 6.31. The molecule has 2 aromatic rings. The molecule has 0 radical (unpaired) electrons. The Bertz CT molecular complexity index is 676. The summed E-state index contributed by atoms with van der Waals surface area (Å²) in [5.41, 5.74) is 2.29. The summed E-state index contributed by atoms with van der Waals surface area (Å²) >= 11 is 6.00. The van der Waals surface area contributed by atoms with Crippen molar-refractivity contribution in [2.24, 2.45) is 7.05 Å². The maximum absolute atomic E-state index is 11.2. The molecule has 0 aliphatic heterocycles. The monoisotopic (exact) mass is 274 g/mol. The summed E-state index contributed by atoms with van der Waals surface area (Å²) in [6.45, 7) is 2.23. The van der Waals surface area contributed by atoms with Crippen molar-refractivity contribution in [2.75, 3.05) is 6.54 Å². The molecule has 1 heterocycles. The molecule has 0 fully saturated rings. The van der Waals surface area contributed by atoms with Gasteiger partial charge in [0.1, 0.15) is 0 Å². The van der Waals surface area contributed by atoms with E-state index in [1.165, 1.54) is 10.9 Å². The number of nitrogens with one attached hydrogen (secondary N) is 1. The molecule has 0 saturated heterocycles. The van der Waals surface area contributed by atoms with Gasteiger partial charge >= 0.3 is 0 Å². The van der Waals surface area contributed by atoms with Crippen molar-refractivity contribution < 1.29 is 4.79 Å². The third kappa shape index (κ3) is 3.10. The van der Waals surface area contributed by atoms with Crippen LogP contribution >= 0.6 is 11.6 Å². The van der Waals surface area contributed by atoms with E-state index in [4.69, 9.17) is 11.6 Å². The molecule has 0 atom stereocenters. The van der Waals surface area contributed by atoms with Gasteiger partial charge in [-0.25, -0.2) is 0 Å². The smallest absolute Gasteiger partial charge is 0.295 e. The molecule has 0 bridgehead atoms. The topological polar surface area (TPSA) is 34.0 Å². The van der Waals surface area contributed by atoms with E-state index in [0.29, 0.717) is 6.54 Å². The van der Waals surface area contributed by atoms with Crippen molar-refractivity contribution in [2.45, 2.75) is 13.3 Å². The fourth-order valence-electron chi connectivity index (χ4n) is 2.11. The molecule has 4 heteroatoms. The van der Waals surface area contributed by atoms with E-state index in [1.54, 1.807) is 6.92 Å². The molecule has 1 amide bonds. The normalized spacial score (nSPS) is 10.1. The van der Waals surface area contributed by atoms with E-state index in [-0.39, 0.29) is 5.91 Å². The molecule has 0 saturated carbocycles. The number of rotatable bonds is 3. The number of halogens is 1. The van der Waals surface area contributed by atoms with Crippen LogP contribution in [-0.2, 0) is 18.3 Å². The van der Waals surface area contributed by atoms with E-state index < -0.39 is 0 Å². The van der Waals surface area contributed by atoms with Crippen LogP contribution < -0.4 is 5.32 Å². The highest BCUT2D eigenvalue weighted by Gasteiger charge is 2.07. The van der Waals surface area contributed by atoms with Crippen LogP contribution in [0, 0.1) is 11.8 Å². The van der Waals surface area contributed by atoms with Gasteiger partial charge in [0, 0.05) is 35.7 Å². The fourth-order valence-corrected chi connectivity index (χ4v) is 2.27. The van der Waals surface area contributed by atoms with E-state index >= 15 is 0 Å². The number of carbonyl (C=O) groups is 1. The first kappa shape index (κ1) is 13.5. The van der Waals surface area contributed by atoms with Crippen LogP contribution in [0.4, 0.5) is 0 Å². The van der Waals surface area contributed by atoms with E-state index in [9.17, 15) is 4.79 Å². The molecule has 2 rings (SSSR count). The summed E-state index contributed by atoms with van der Waals surface area (Å²) in [5, 5.41) is 4.67. The number of hydrogen-bond acceptors (Lipinski definition) is 1. The van der Waals surface area contributed by atoms with Crippen LogP contribution in [0.5, 0.6) is 0 Å². The lowest BCUT2D eigenvalue weighted by Gasteiger charge is -2.00. The first-order valence-electron chi connectivity index (χ1n) is 6.06. The van der Waals surface area contributed by atoms with Gasteiger partial charge in [0.25, 0.3) is 5.91 Å². The minimum absolute atomic E-state index is 0.231. The number of fused-ring (bicyclic) bond motifs is 1. The number of nitrogens with zero attached hydrogens (tertiary/aromatic N) is 1. The Morgan fingerprint density at radius 3 is 3.00 bits per heavy atom. The predicted octanol–water partition coefficient (Wildman–Crippen LogP) is 2.51. The summed E-state index contributed by atoms with van der Waals surface area (Å²) in [6, 6.07) is 5.84. The zero-order valence-corrected chi connectivity index (χ0v) is 11.7. The zero-order chi connectivity index (χ0) is 13.8. The Balaban J connectivity index is 2.13. The average molecular weight is 275 g/mol. The molecular formula is C15H15ClN2O. The van der Waals surface area contributed by atoms with Gasteiger partial charge in [-0.1, -0.05) is 23.6 Å². The highest BCUT2D eigenvalue weighted by atomic mass is 35.5. The fraction of sp³-hybridized carbons (Fsp3) is 0.267. The molecule has 3 nitrogen and oxygen atoms in total. The van der Waals surface area contributed by atoms with Gasteiger partial charge in [0.05, 0.1) is 0 Å². The van der Waals surface area contributed by atoms with Crippen molar-refractivity contribution in [1.29, 1.82) is 0 Å². The SMILES string of the molecule is CC#CC(=O)NCCc1cn(C)c2cc(Cl)ccc12. The number of carbonyl (C=O) groups excluding carboxylic acids is 1. The van der Waals surface area contributed by atoms with Gasteiger partial charge in [-0.2, -0.15) is 0 Å². The van der Waals surface area contributed by atoms with Gasteiger partial charge in [0.2, 0.25) is 0 Å². The van der Waals surface area contributed by atoms with Crippen LogP contribution in [0.2, 0.25) is 5.02 Å². The average Bonchev–Trinajstić information content (AvgIpc) is 2.66. The van der Waals surface area contributed by atoms with Gasteiger partial charge in [0.15, 0.2) is 0 Å². The van der Waals surface area contributed by atoms with Crippen molar-refractivity contribution in [1.82, 2.24) is 9.88 Å². The zero-order valence-electron chi connectivity index (χ0n) is 11.0. The summed E-state index contributed by atoms with van der Waals surface area (Å²) in [5.74, 6) is 4.80. The standard InChI is InChI=1S/C15H15ClN2O/c1-3-4-15(19)17-8-7-11-10-18(2)14-9-12(16)5-6-13(11)14/h5-6,9-10H,7-8H2,1-2H3,(H,17,19). The number of aromatic nitrogens is 1. The number of amides is 1. The Morgan fingerprint density at radius 1 is 1.47 bits per heavy atom. The quantitative estimate of drug-likeness (QED) is 0.858. The summed E-state index contributed by atoms with van der Waals surface area (Å²) in [6.07, 6.45) is 2.84. The van der Waals surface area contributed by atoms with Crippen LogP contribution in [0.15, 0.2) is 24.4 Å². The van der Waals surface area contributed by atoms with Gasteiger partial charge in [-0.3, -0.25) is 4.79 Å². The van der Waals surface area contributed by atoms with E-state index in [1.807, 2.05) is 29.8 Å². The summed E-state index contributed by atoms with van der Waals surface area (Å²) < 4.78 is 2.05. The second kappa shape index (κ2) is 5.81. The van der Waals surface area contributed by atoms with Crippen molar-refractivity contribution >= 4 is 28.4 Å². The third-order valence-corrected chi connectivity index (χ3v) is 3.19. The first-order valence-corrected chi connectivity index (χ1v) is 6.43. The van der Waals surface area contributed by atoms with Crippen LogP contribution in [0.1, 0.15) is 12.5 Å². The molecule has 19 heavy (non-hydrogen) atoms. The van der Waals surface area contributed by atoms with Crippen LogP contribution in [0.3, 0.4) is 0 Å². The highest BCUT2D eigenvalue weighted by Crippen LogP contribution is 2.24. The molecule has 1 aromatic carbocycles. The van der Waals surface area contributed by atoms with Crippen LogP contribution in [-0.4, -0.2) is 17.0 Å². The Labute approximate surface area is 117 Å². The van der Waals surface area contributed by atoms with E-state index in [2.05, 4.69) is 23.4 Å². The third-order valence-electron chi connectivity index (χ3n) is 2.95. The summed E-state index contributed by atoms with van der Waals surface area (Å²) in [7, 11) is 1.99. The predicted molar refractivity (Wildman–Crippen MR) is 78.1 cm³/mol. The van der Waals surface area contributed by atoms with Gasteiger partial charge in [-0.05, 0) is 37.0 Å². The molecule has 98 valence electrons. The molecule has 1 aromatic heterocycles. The summed E-state index contributed by atoms with van der Waals surface area (Å²) in [4.78, 5) is 11.2. The Morgan fingerprint density at radius 2 is 2.26 bits per heavy atom.